The van der Waals surface area contributed by atoms with Crippen molar-refractivity contribution in [3.63, 3.8) is 0 Å². The SMILES string of the molecule is CCNC(=NCCc1ccc(OCc2ccccc2)cc1)NC1CCN(C(=O)C(C)C)C1. The third kappa shape index (κ3) is 7.29. The summed E-state index contributed by atoms with van der Waals surface area (Å²) in [6.45, 7) is 9.60. The lowest BCUT2D eigenvalue weighted by Crippen LogP contribution is -2.45. The number of aliphatic imine (C=N–C) groups is 1. The summed E-state index contributed by atoms with van der Waals surface area (Å²) in [5.41, 5.74) is 2.39. The number of likely N-dealkylation sites (tertiary alicyclic amines) is 1. The van der Waals surface area contributed by atoms with Crippen molar-refractivity contribution in [2.24, 2.45) is 10.9 Å². The predicted octanol–water partition coefficient (Wildman–Crippen LogP) is 3.62. The van der Waals surface area contributed by atoms with Gasteiger partial charge >= 0.3 is 0 Å². The van der Waals surface area contributed by atoms with Crippen molar-refractivity contribution in [2.75, 3.05) is 26.2 Å². The molecule has 0 bridgehead atoms. The molecule has 0 saturated carbocycles. The first-order valence-corrected chi connectivity index (χ1v) is 11.6. The van der Waals surface area contributed by atoms with Gasteiger partial charge in [-0.2, -0.15) is 0 Å². The Kier molecular flexibility index (Phi) is 8.96. The minimum Gasteiger partial charge on any atom is -0.489 e. The van der Waals surface area contributed by atoms with E-state index in [4.69, 9.17) is 9.73 Å². The molecule has 1 amide bonds. The molecule has 172 valence electrons. The predicted molar refractivity (Wildman–Crippen MR) is 130 cm³/mol. The van der Waals surface area contributed by atoms with Crippen LogP contribution in [0.4, 0.5) is 0 Å². The van der Waals surface area contributed by atoms with E-state index in [1.165, 1.54) is 5.56 Å². The van der Waals surface area contributed by atoms with Gasteiger partial charge in [-0.25, -0.2) is 0 Å². The van der Waals surface area contributed by atoms with Gasteiger partial charge in [-0.05, 0) is 43.0 Å². The van der Waals surface area contributed by atoms with E-state index >= 15 is 0 Å². The van der Waals surface area contributed by atoms with Gasteiger partial charge in [0.25, 0.3) is 0 Å². The Balaban J connectivity index is 1.45. The van der Waals surface area contributed by atoms with Gasteiger partial charge < -0.3 is 20.3 Å². The molecule has 32 heavy (non-hydrogen) atoms. The number of rotatable bonds is 9. The Bertz CT molecular complexity index is 865. The number of hydrogen-bond acceptors (Lipinski definition) is 3. The van der Waals surface area contributed by atoms with Gasteiger partial charge in [0.2, 0.25) is 5.91 Å². The van der Waals surface area contributed by atoms with Gasteiger partial charge in [0.05, 0.1) is 0 Å². The van der Waals surface area contributed by atoms with E-state index in [1.54, 1.807) is 0 Å². The van der Waals surface area contributed by atoms with Crippen LogP contribution in [0.1, 0.15) is 38.3 Å². The van der Waals surface area contributed by atoms with Crippen molar-refractivity contribution in [3.8, 4) is 5.75 Å². The normalized spacial score (nSPS) is 16.3. The van der Waals surface area contributed by atoms with Gasteiger partial charge in [0, 0.05) is 38.1 Å². The number of benzene rings is 2. The van der Waals surface area contributed by atoms with E-state index in [1.807, 2.05) is 49.1 Å². The molecule has 2 N–H and O–H groups in total. The van der Waals surface area contributed by atoms with Gasteiger partial charge in [-0.3, -0.25) is 9.79 Å². The lowest BCUT2D eigenvalue weighted by Gasteiger charge is -2.20. The average Bonchev–Trinajstić information content (AvgIpc) is 3.27. The van der Waals surface area contributed by atoms with Gasteiger partial charge in [-0.1, -0.05) is 56.3 Å². The van der Waals surface area contributed by atoms with Gasteiger partial charge in [0.1, 0.15) is 12.4 Å². The molecule has 1 heterocycles. The number of carbonyl (C=O) groups excluding carboxylic acids is 1. The van der Waals surface area contributed by atoms with Crippen LogP contribution < -0.4 is 15.4 Å². The molecule has 1 aliphatic rings. The standard InChI is InChI=1S/C26H36N4O2/c1-4-27-26(29-23-15-17-30(18-23)25(31)20(2)3)28-16-14-21-10-12-24(13-11-21)32-19-22-8-6-5-7-9-22/h5-13,20,23H,4,14-19H2,1-3H3,(H2,27,28,29). The van der Waals surface area contributed by atoms with Crippen molar-refractivity contribution in [3.05, 3.63) is 65.7 Å². The van der Waals surface area contributed by atoms with Crippen molar-refractivity contribution >= 4 is 11.9 Å². The highest BCUT2D eigenvalue weighted by molar-refractivity contribution is 5.81. The summed E-state index contributed by atoms with van der Waals surface area (Å²) in [4.78, 5) is 18.9. The Morgan fingerprint density at radius 1 is 1.12 bits per heavy atom. The average molecular weight is 437 g/mol. The molecule has 2 aromatic rings. The molecule has 1 unspecified atom stereocenters. The van der Waals surface area contributed by atoms with Gasteiger partial charge in [-0.15, -0.1) is 0 Å². The van der Waals surface area contributed by atoms with E-state index in [2.05, 4.69) is 41.8 Å². The number of hydrogen-bond donors (Lipinski definition) is 2. The minimum atomic E-state index is 0.0470. The summed E-state index contributed by atoms with van der Waals surface area (Å²) in [5, 5.41) is 6.81. The lowest BCUT2D eigenvalue weighted by molar-refractivity contribution is -0.133. The number of ether oxygens (including phenoxy) is 1. The monoisotopic (exact) mass is 436 g/mol. The zero-order valence-electron chi connectivity index (χ0n) is 19.5. The summed E-state index contributed by atoms with van der Waals surface area (Å²) in [6, 6.07) is 18.7. The van der Waals surface area contributed by atoms with Crippen molar-refractivity contribution in [1.82, 2.24) is 15.5 Å². The topological polar surface area (TPSA) is 66.0 Å². The summed E-state index contributed by atoms with van der Waals surface area (Å²) in [6.07, 6.45) is 1.81. The van der Waals surface area contributed by atoms with Crippen LogP contribution in [-0.2, 0) is 17.8 Å². The van der Waals surface area contributed by atoms with Crippen molar-refractivity contribution in [1.29, 1.82) is 0 Å². The minimum absolute atomic E-state index is 0.0470. The van der Waals surface area contributed by atoms with Crippen LogP contribution >= 0.6 is 0 Å². The van der Waals surface area contributed by atoms with E-state index in [9.17, 15) is 4.79 Å². The lowest BCUT2D eigenvalue weighted by atomic mass is 10.1. The molecule has 1 saturated heterocycles. The first-order valence-electron chi connectivity index (χ1n) is 11.6. The summed E-state index contributed by atoms with van der Waals surface area (Å²) >= 11 is 0. The molecule has 0 aliphatic carbocycles. The first-order chi connectivity index (χ1) is 15.5. The Morgan fingerprint density at radius 2 is 1.88 bits per heavy atom. The fourth-order valence-electron chi connectivity index (χ4n) is 3.75. The zero-order chi connectivity index (χ0) is 22.8. The van der Waals surface area contributed by atoms with E-state index in [0.717, 1.165) is 49.7 Å². The van der Waals surface area contributed by atoms with Crippen LogP contribution in [0.2, 0.25) is 0 Å². The molecule has 0 radical (unpaired) electrons. The van der Waals surface area contributed by atoms with E-state index in [0.29, 0.717) is 13.2 Å². The molecule has 1 aliphatic heterocycles. The number of amides is 1. The maximum Gasteiger partial charge on any atom is 0.225 e. The largest absolute Gasteiger partial charge is 0.489 e. The van der Waals surface area contributed by atoms with Crippen LogP contribution in [-0.4, -0.2) is 49.0 Å². The highest BCUT2D eigenvalue weighted by Gasteiger charge is 2.27. The summed E-state index contributed by atoms with van der Waals surface area (Å²) in [7, 11) is 0. The second-order valence-corrected chi connectivity index (χ2v) is 8.50. The third-order valence-corrected chi connectivity index (χ3v) is 5.52. The molecule has 0 aromatic heterocycles. The first kappa shape index (κ1) is 23.6. The Hall–Kier alpha value is -3.02. The van der Waals surface area contributed by atoms with E-state index in [-0.39, 0.29) is 17.9 Å². The maximum atomic E-state index is 12.2. The van der Waals surface area contributed by atoms with Crippen molar-refractivity contribution in [2.45, 2.75) is 46.3 Å². The molecular weight excluding hydrogens is 400 g/mol. The Labute approximate surface area is 192 Å². The molecule has 1 atom stereocenters. The molecular formula is C26H36N4O2. The number of nitrogens with zero attached hydrogens (tertiary/aromatic N) is 2. The quantitative estimate of drug-likeness (QED) is 0.465. The molecule has 2 aromatic carbocycles. The number of carbonyl (C=O) groups is 1. The summed E-state index contributed by atoms with van der Waals surface area (Å²) < 4.78 is 5.86. The van der Waals surface area contributed by atoms with Crippen LogP contribution in [0.25, 0.3) is 0 Å². The van der Waals surface area contributed by atoms with Crippen LogP contribution in [0.15, 0.2) is 59.6 Å². The highest BCUT2D eigenvalue weighted by atomic mass is 16.5. The fraction of sp³-hybridized carbons (Fsp3) is 0.462. The van der Waals surface area contributed by atoms with Crippen LogP contribution in [0.5, 0.6) is 5.75 Å². The number of guanidine groups is 1. The van der Waals surface area contributed by atoms with Crippen LogP contribution in [0, 0.1) is 5.92 Å². The molecule has 6 nitrogen and oxygen atoms in total. The van der Waals surface area contributed by atoms with E-state index < -0.39 is 0 Å². The smallest absolute Gasteiger partial charge is 0.225 e. The molecule has 6 heteroatoms. The third-order valence-electron chi connectivity index (χ3n) is 5.52. The highest BCUT2D eigenvalue weighted by Crippen LogP contribution is 2.15. The van der Waals surface area contributed by atoms with Crippen LogP contribution in [0.3, 0.4) is 0 Å². The molecule has 3 rings (SSSR count). The van der Waals surface area contributed by atoms with Crippen molar-refractivity contribution < 1.29 is 9.53 Å². The fourth-order valence-corrected chi connectivity index (χ4v) is 3.75. The zero-order valence-corrected chi connectivity index (χ0v) is 19.5. The Morgan fingerprint density at radius 3 is 2.56 bits per heavy atom. The molecule has 1 fully saturated rings. The second kappa shape index (κ2) is 12.1. The maximum absolute atomic E-state index is 12.2. The second-order valence-electron chi connectivity index (χ2n) is 8.50. The number of nitrogens with one attached hydrogen (secondary N) is 2. The summed E-state index contributed by atoms with van der Waals surface area (Å²) in [5.74, 6) is 1.97. The molecule has 0 spiro atoms. The van der Waals surface area contributed by atoms with Gasteiger partial charge in [0.15, 0.2) is 5.96 Å².